The Morgan fingerprint density at radius 2 is 1.59 bits per heavy atom. The molecular formula is C29H36F3N5O2. The third-order valence-electron chi connectivity index (χ3n) is 10.2. The first kappa shape index (κ1) is 25.2. The van der Waals surface area contributed by atoms with Gasteiger partial charge in [0, 0.05) is 38.1 Å². The Balaban J connectivity index is 1.09. The Bertz CT molecular complexity index is 1200. The molecule has 2 aliphatic heterocycles. The molecule has 4 bridgehead atoms. The summed E-state index contributed by atoms with van der Waals surface area (Å²) in [6, 6.07) is 4.59. The van der Waals surface area contributed by atoms with Crippen molar-refractivity contribution < 1.29 is 22.7 Å². The lowest BCUT2D eigenvalue weighted by atomic mass is 9.52. The van der Waals surface area contributed by atoms with E-state index in [1.54, 1.807) is 36.3 Å². The molecule has 1 aromatic carbocycles. The quantitative estimate of drug-likeness (QED) is 0.569. The van der Waals surface area contributed by atoms with Crippen molar-refractivity contribution in [3.8, 4) is 5.75 Å². The van der Waals surface area contributed by atoms with Gasteiger partial charge < -0.3 is 15.0 Å². The van der Waals surface area contributed by atoms with Crippen molar-refractivity contribution in [3.63, 3.8) is 0 Å². The number of rotatable bonds is 4. The minimum atomic E-state index is -4.49. The number of carbonyl (C=O) groups is 1. The molecule has 2 atom stereocenters. The zero-order chi connectivity index (χ0) is 26.9. The highest BCUT2D eigenvalue weighted by Crippen LogP contribution is 2.58. The van der Waals surface area contributed by atoms with Gasteiger partial charge in [-0.15, -0.1) is 0 Å². The van der Waals surface area contributed by atoms with Crippen LogP contribution in [-0.2, 0) is 0 Å². The molecule has 2 unspecified atom stereocenters. The molecule has 2 aromatic rings. The summed E-state index contributed by atoms with van der Waals surface area (Å²) in [4.78, 5) is 18.1. The molecule has 1 N–H and O–H groups in total. The molecule has 0 spiro atoms. The van der Waals surface area contributed by atoms with Crippen molar-refractivity contribution in [3.05, 3.63) is 41.6 Å². The standard InChI is InChI=1S/C29H36F3N5O2/c1-39-22-4-2-21(3-5-22)24-13-25(29(30,31)32)37-26(34-24)23(17-33-37)27(38)35-6-8-36(9-7-35)28-14-18-10-19(15-28)12-20(11-18)16-28/h2-5,17-20,24-25,34H,6-16H2,1H3. The van der Waals surface area contributed by atoms with E-state index >= 15 is 0 Å². The maximum absolute atomic E-state index is 14.1. The molecule has 10 heteroatoms. The van der Waals surface area contributed by atoms with Crippen LogP contribution in [0.4, 0.5) is 19.0 Å². The Labute approximate surface area is 226 Å². The summed E-state index contributed by atoms with van der Waals surface area (Å²) >= 11 is 0. The van der Waals surface area contributed by atoms with Crippen molar-refractivity contribution in [1.29, 1.82) is 0 Å². The Hall–Kier alpha value is -2.75. The number of hydrogen-bond acceptors (Lipinski definition) is 5. The van der Waals surface area contributed by atoms with Gasteiger partial charge in [0.25, 0.3) is 5.91 Å². The largest absolute Gasteiger partial charge is 0.497 e. The molecule has 7 nitrogen and oxygen atoms in total. The molecule has 8 rings (SSSR count). The van der Waals surface area contributed by atoms with E-state index in [9.17, 15) is 18.0 Å². The average Bonchev–Trinajstić information content (AvgIpc) is 3.35. The number of amides is 1. The van der Waals surface area contributed by atoms with Crippen LogP contribution in [0.3, 0.4) is 0 Å². The molecule has 3 heterocycles. The van der Waals surface area contributed by atoms with E-state index in [0.29, 0.717) is 29.9 Å². The third kappa shape index (κ3) is 4.30. The molecule has 4 aliphatic carbocycles. The summed E-state index contributed by atoms with van der Waals surface area (Å²) in [6.45, 7) is 2.84. The highest BCUT2D eigenvalue weighted by molar-refractivity contribution is 5.99. The molecule has 4 saturated carbocycles. The predicted molar refractivity (Wildman–Crippen MR) is 140 cm³/mol. The van der Waals surface area contributed by atoms with Gasteiger partial charge in [-0.1, -0.05) is 12.1 Å². The lowest BCUT2D eigenvalue weighted by Crippen LogP contribution is -2.64. The highest BCUT2D eigenvalue weighted by atomic mass is 19.4. The second kappa shape index (κ2) is 9.14. The van der Waals surface area contributed by atoms with E-state index in [4.69, 9.17) is 4.74 Å². The van der Waals surface area contributed by atoms with Gasteiger partial charge in [-0.25, -0.2) is 4.68 Å². The lowest BCUT2D eigenvalue weighted by molar-refractivity contribution is -0.173. The summed E-state index contributed by atoms with van der Waals surface area (Å²) < 4.78 is 48.6. The van der Waals surface area contributed by atoms with Crippen molar-refractivity contribution in [2.24, 2.45) is 17.8 Å². The van der Waals surface area contributed by atoms with Crippen LogP contribution in [0.5, 0.6) is 5.75 Å². The van der Waals surface area contributed by atoms with Gasteiger partial charge in [-0.05, 0) is 74.0 Å². The highest BCUT2D eigenvalue weighted by Gasteiger charge is 2.54. The Morgan fingerprint density at radius 1 is 0.974 bits per heavy atom. The van der Waals surface area contributed by atoms with E-state index in [2.05, 4.69) is 15.3 Å². The van der Waals surface area contributed by atoms with Gasteiger partial charge in [-0.3, -0.25) is 9.69 Å². The number of benzene rings is 1. The molecule has 5 fully saturated rings. The molecule has 6 aliphatic rings. The number of halogens is 3. The molecule has 39 heavy (non-hydrogen) atoms. The number of methoxy groups -OCH3 is 1. The van der Waals surface area contributed by atoms with Gasteiger partial charge in [0.15, 0.2) is 6.04 Å². The van der Waals surface area contributed by atoms with Gasteiger partial charge in [-0.2, -0.15) is 18.3 Å². The number of alkyl halides is 3. The molecule has 1 saturated heterocycles. The maximum atomic E-state index is 14.1. The minimum absolute atomic E-state index is 0.151. The SMILES string of the molecule is COc1ccc(C2CC(C(F)(F)F)n3ncc(C(=O)N4CCN(C56CC7CC(CC(C7)C5)C6)CC4)c3N2)cc1. The zero-order valence-electron chi connectivity index (χ0n) is 22.3. The number of ether oxygens (including phenoxy) is 1. The number of piperazine rings is 1. The van der Waals surface area contributed by atoms with Crippen molar-refractivity contribution >= 4 is 11.7 Å². The van der Waals surface area contributed by atoms with Crippen molar-refractivity contribution in [2.75, 3.05) is 38.6 Å². The average molecular weight is 544 g/mol. The number of anilines is 1. The van der Waals surface area contributed by atoms with Gasteiger partial charge in [0.1, 0.15) is 17.1 Å². The summed E-state index contributed by atoms with van der Waals surface area (Å²) in [5.41, 5.74) is 1.22. The molecule has 0 radical (unpaired) electrons. The van der Waals surface area contributed by atoms with Crippen LogP contribution in [0.2, 0.25) is 0 Å². The maximum Gasteiger partial charge on any atom is 0.410 e. The summed E-state index contributed by atoms with van der Waals surface area (Å²) in [7, 11) is 1.55. The molecule has 1 aromatic heterocycles. The normalized spacial score (nSPS) is 34.1. The van der Waals surface area contributed by atoms with E-state index < -0.39 is 18.3 Å². The molecule has 1 amide bonds. The summed E-state index contributed by atoms with van der Waals surface area (Å²) in [5.74, 6) is 3.13. The monoisotopic (exact) mass is 543 g/mol. The van der Waals surface area contributed by atoms with E-state index in [0.717, 1.165) is 35.5 Å². The third-order valence-corrected chi connectivity index (χ3v) is 10.2. The van der Waals surface area contributed by atoms with Crippen LogP contribution in [0.1, 0.15) is 73.0 Å². The van der Waals surface area contributed by atoms with Crippen LogP contribution in [0, 0.1) is 17.8 Å². The van der Waals surface area contributed by atoms with Crippen LogP contribution in [-0.4, -0.2) is 70.5 Å². The van der Waals surface area contributed by atoms with Crippen molar-refractivity contribution in [2.45, 2.75) is 68.7 Å². The first-order valence-electron chi connectivity index (χ1n) is 14.3. The van der Waals surface area contributed by atoms with E-state index in [1.165, 1.54) is 44.7 Å². The Kier molecular flexibility index (Phi) is 5.92. The lowest BCUT2D eigenvalue weighted by Gasteiger charge is -2.61. The number of nitrogens with one attached hydrogen (secondary N) is 1. The number of carbonyl (C=O) groups excluding carboxylic acids is 1. The van der Waals surface area contributed by atoms with E-state index in [1.807, 2.05) is 0 Å². The van der Waals surface area contributed by atoms with Crippen LogP contribution in [0.25, 0.3) is 0 Å². The topological polar surface area (TPSA) is 62.6 Å². The fourth-order valence-electron chi connectivity index (χ4n) is 8.78. The number of aromatic nitrogens is 2. The number of hydrogen-bond donors (Lipinski definition) is 1. The first-order chi connectivity index (χ1) is 18.7. The molecule has 210 valence electrons. The summed E-state index contributed by atoms with van der Waals surface area (Å²) in [5, 5.41) is 7.29. The van der Waals surface area contributed by atoms with Crippen LogP contribution in [0.15, 0.2) is 30.5 Å². The fourth-order valence-corrected chi connectivity index (χ4v) is 8.78. The Morgan fingerprint density at radius 3 is 2.15 bits per heavy atom. The van der Waals surface area contributed by atoms with Crippen molar-refractivity contribution in [1.82, 2.24) is 19.6 Å². The summed E-state index contributed by atoms with van der Waals surface area (Å²) in [6.07, 6.45) is 4.68. The van der Waals surface area contributed by atoms with Crippen LogP contribution < -0.4 is 10.1 Å². The predicted octanol–water partition coefficient (Wildman–Crippen LogP) is 5.28. The molecular weight excluding hydrogens is 507 g/mol. The number of nitrogens with zero attached hydrogens (tertiary/aromatic N) is 4. The second-order valence-corrected chi connectivity index (χ2v) is 12.5. The smallest absolute Gasteiger partial charge is 0.410 e. The fraction of sp³-hybridized carbons (Fsp3) is 0.655. The van der Waals surface area contributed by atoms with Gasteiger partial charge in [0.05, 0.1) is 19.3 Å². The van der Waals surface area contributed by atoms with E-state index in [-0.39, 0.29) is 23.7 Å². The zero-order valence-corrected chi connectivity index (χ0v) is 22.3. The second-order valence-electron chi connectivity index (χ2n) is 12.5. The first-order valence-corrected chi connectivity index (χ1v) is 14.3. The van der Waals surface area contributed by atoms with Gasteiger partial charge >= 0.3 is 6.18 Å². The number of fused-ring (bicyclic) bond motifs is 1. The van der Waals surface area contributed by atoms with Crippen LogP contribution >= 0.6 is 0 Å². The minimum Gasteiger partial charge on any atom is -0.497 e. The van der Waals surface area contributed by atoms with Gasteiger partial charge in [0.2, 0.25) is 0 Å².